The molecule has 1 heterocycles. The molecule has 1 aromatic heterocycles. The van der Waals surface area contributed by atoms with Crippen molar-refractivity contribution in [2.45, 2.75) is 20.8 Å². The van der Waals surface area contributed by atoms with Crippen LogP contribution in [0.3, 0.4) is 0 Å². The lowest BCUT2D eigenvalue weighted by molar-refractivity contribution is 0.215. The van der Waals surface area contributed by atoms with E-state index in [1.54, 1.807) is 12.1 Å². The molecule has 4 nitrogen and oxygen atoms in total. The number of pyridine rings is 1. The summed E-state index contributed by atoms with van der Waals surface area (Å²) < 4.78 is 5.18. The summed E-state index contributed by atoms with van der Waals surface area (Å²) in [5.74, 6) is 0.510. The molecule has 0 spiro atoms. The van der Waals surface area contributed by atoms with Crippen LogP contribution in [-0.4, -0.2) is 11.1 Å². The summed E-state index contributed by atoms with van der Waals surface area (Å²) in [7, 11) is 0. The number of ether oxygens (including phenoxy) is 1. The first-order chi connectivity index (χ1) is 9.06. The van der Waals surface area contributed by atoms with Crippen LogP contribution in [0.4, 0.5) is 10.5 Å². The van der Waals surface area contributed by atoms with E-state index >= 15 is 0 Å². The third-order valence-corrected chi connectivity index (χ3v) is 2.71. The van der Waals surface area contributed by atoms with Gasteiger partial charge in [-0.25, -0.2) is 4.79 Å². The van der Waals surface area contributed by atoms with Crippen molar-refractivity contribution in [3.05, 3.63) is 53.3 Å². The molecule has 2 rings (SSSR count). The van der Waals surface area contributed by atoms with Crippen LogP contribution in [0.5, 0.6) is 5.75 Å². The minimum absolute atomic E-state index is 0. The van der Waals surface area contributed by atoms with Crippen LogP contribution >= 0.6 is 12.4 Å². The predicted molar refractivity (Wildman–Crippen MR) is 81.8 cm³/mol. The molecule has 106 valence electrons. The van der Waals surface area contributed by atoms with Gasteiger partial charge in [-0.05, 0) is 44.5 Å². The van der Waals surface area contributed by atoms with Gasteiger partial charge < -0.3 is 4.74 Å². The Hall–Kier alpha value is -2.07. The SMILES string of the molecule is Cc1cc(C)c(NC(=O)Oc2ccccc2)c(C)n1.Cl. The molecule has 1 N–H and O–H groups in total. The van der Waals surface area contributed by atoms with Gasteiger partial charge in [0, 0.05) is 5.69 Å². The van der Waals surface area contributed by atoms with E-state index in [1.807, 2.05) is 45.0 Å². The summed E-state index contributed by atoms with van der Waals surface area (Å²) in [4.78, 5) is 16.1. The van der Waals surface area contributed by atoms with E-state index in [-0.39, 0.29) is 12.4 Å². The Morgan fingerprint density at radius 1 is 1.15 bits per heavy atom. The first-order valence-corrected chi connectivity index (χ1v) is 6.05. The smallest absolute Gasteiger partial charge is 0.410 e. The maximum atomic E-state index is 11.8. The van der Waals surface area contributed by atoms with Crippen LogP contribution in [0.25, 0.3) is 0 Å². The Morgan fingerprint density at radius 3 is 2.40 bits per heavy atom. The number of nitrogens with one attached hydrogen (secondary N) is 1. The molecular weight excluding hydrogens is 276 g/mol. The van der Waals surface area contributed by atoms with Gasteiger partial charge in [-0.3, -0.25) is 10.3 Å². The van der Waals surface area contributed by atoms with Crippen LogP contribution in [0.15, 0.2) is 36.4 Å². The monoisotopic (exact) mass is 292 g/mol. The Labute approximate surface area is 124 Å². The minimum atomic E-state index is -0.511. The number of aryl methyl sites for hydroxylation is 3. The van der Waals surface area contributed by atoms with Crippen molar-refractivity contribution in [3.63, 3.8) is 0 Å². The third kappa shape index (κ3) is 3.96. The van der Waals surface area contributed by atoms with Crippen molar-refractivity contribution in [1.29, 1.82) is 0 Å². The number of hydrogen-bond acceptors (Lipinski definition) is 3. The summed E-state index contributed by atoms with van der Waals surface area (Å²) in [6, 6.07) is 10.9. The molecule has 0 saturated heterocycles. The molecule has 1 aromatic carbocycles. The number of rotatable bonds is 2. The number of para-hydroxylation sites is 1. The molecule has 0 aliphatic carbocycles. The molecule has 0 aliphatic heterocycles. The van der Waals surface area contributed by atoms with Crippen LogP contribution < -0.4 is 10.1 Å². The highest BCUT2D eigenvalue weighted by molar-refractivity contribution is 5.88. The number of nitrogens with zero attached hydrogens (tertiary/aromatic N) is 1. The molecular formula is C15H17ClN2O2. The molecule has 20 heavy (non-hydrogen) atoms. The average molecular weight is 293 g/mol. The number of carbonyl (C=O) groups excluding carboxylic acids is 1. The Kier molecular flexibility index (Phi) is 5.53. The standard InChI is InChI=1S/C15H16N2O2.ClH/c1-10-9-11(2)16-12(3)14(10)17-15(18)19-13-7-5-4-6-8-13;/h4-9H,1-3H3,(H,17,18);1H. The predicted octanol–water partition coefficient (Wildman–Crippen LogP) is 4.04. The summed E-state index contributed by atoms with van der Waals surface area (Å²) >= 11 is 0. The topological polar surface area (TPSA) is 51.2 Å². The van der Waals surface area contributed by atoms with Crippen molar-refractivity contribution >= 4 is 24.2 Å². The molecule has 0 saturated carbocycles. The molecule has 0 fully saturated rings. The maximum absolute atomic E-state index is 11.8. The zero-order valence-corrected chi connectivity index (χ0v) is 12.5. The highest BCUT2D eigenvalue weighted by atomic mass is 35.5. The van der Waals surface area contributed by atoms with E-state index < -0.39 is 6.09 Å². The number of hydrogen-bond donors (Lipinski definition) is 1. The van der Waals surface area contributed by atoms with Crippen LogP contribution in [0.1, 0.15) is 17.0 Å². The van der Waals surface area contributed by atoms with E-state index in [1.165, 1.54) is 0 Å². The molecule has 2 aromatic rings. The fraction of sp³-hybridized carbons (Fsp3) is 0.200. The van der Waals surface area contributed by atoms with Gasteiger partial charge in [-0.1, -0.05) is 18.2 Å². The highest BCUT2D eigenvalue weighted by Crippen LogP contribution is 2.19. The van der Waals surface area contributed by atoms with Crippen molar-refractivity contribution in [2.75, 3.05) is 5.32 Å². The van der Waals surface area contributed by atoms with Gasteiger partial charge in [0.15, 0.2) is 0 Å². The van der Waals surface area contributed by atoms with Gasteiger partial charge in [-0.2, -0.15) is 0 Å². The van der Waals surface area contributed by atoms with Gasteiger partial charge in [-0.15, -0.1) is 12.4 Å². The number of carbonyl (C=O) groups is 1. The average Bonchev–Trinajstić information content (AvgIpc) is 2.35. The lowest BCUT2D eigenvalue weighted by atomic mass is 10.2. The van der Waals surface area contributed by atoms with Gasteiger partial charge in [0.25, 0.3) is 0 Å². The minimum Gasteiger partial charge on any atom is -0.410 e. The largest absolute Gasteiger partial charge is 0.417 e. The number of amides is 1. The van der Waals surface area contributed by atoms with Gasteiger partial charge >= 0.3 is 6.09 Å². The van der Waals surface area contributed by atoms with E-state index in [2.05, 4.69) is 10.3 Å². The maximum Gasteiger partial charge on any atom is 0.417 e. The highest BCUT2D eigenvalue weighted by Gasteiger charge is 2.10. The van der Waals surface area contributed by atoms with Gasteiger partial charge in [0.05, 0.1) is 11.4 Å². The van der Waals surface area contributed by atoms with E-state index in [0.717, 1.165) is 17.0 Å². The van der Waals surface area contributed by atoms with E-state index in [9.17, 15) is 4.79 Å². The molecule has 0 radical (unpaired) electrons. The Balaban J connectivity index is 0.00000200. The van der Waals surface area contributed by atoms with Crippen molar-refractivity contribution in [3.8, 4) is 5.75 Å². The second-order valence-corrected chi connectivity index (χ2v) is 4.37. The Morgan fingerprint density at radius 2 is 1.80 bits per heavy atom. The number of halogens is 1. The molecule has 5 heteroatoms. The summed E-state index contributed by atoms with van der Waals surface area (Å²) in [6.45, 7) is 5.71. The molecule has 1 amide bonds. The Bertz CT molecular complexity index is 577. The van der Waals surface area contributed by atoms with Crippen molar-refractivity contribution in [1.82, 2.24) is 4.98 Å². The fourth-order valence-corrected chi connectivity index (χ4v) is 1.94. The summed E-state index contributed by atoms with van der Waals surface area (Å²) in [6.07, 6.45) is -0.511. The lowest BCUT2D eigenvalue weighted by Gasteiger charge is -2.12. The van der Waals surface area contributed by atoms with Gasteiger partial charge in [0.1, 0.15) is 5.75 Å². The second kappa shape index (κ2) is 6.91. The summed E-state index contributed by atoms with van der Waals surface area (Å²) in [5, 5.41) is 2.73. The van der Waals surface area contributed by atoms with E-state index in [4.69, 9.17) is 4.74 Å². The third-order valence-electron chi connectivity index (χ3n) is 2.71. The number of anilines is 1. The molecule has 0 atom stereocenters. The van der Waals surface area contributed by atoms with Crippen LogP contribution in [0, 0.1) is 20.8 Å². The van der Waals surface area contributed by atoms with Crippen molar-refractivity contribution in [2.24, 2.45) is 0 Å². The first kappa shape index (κ1) is 16.0. The fourth-order valence-electron chi connectivity index (χ4n) is 1.94. The molecule has 0 aliphatic rings. The number of benzene rings is 1. The van der Waals surface area contributed by atoms with Crippen molar-refractivity contribution < 1.29 is 9.53 Å². The zero-order chi connectivity index (χ0) is 13.8. The molecule has 0 bridgehead atoms. The first-order valence-electron chi connectivity index (χ1n) is 6.05. The normalized spacial score (nSPS) is 9.55. The quantitative estimate of drug-likeness (QED) is 0.909. The lowest BCUT2D eigenvalue weighted by Crippen LogP contribution is -2.18. The van der Waals surface area contributed by atoms with Gasteiger partial charge in [0.2, 0.25) is 0 Å². The summed E-state index contributed by atoms with van der Waals surface area (Å²) in [5.41, 5.74) is 3.38. The van der Waals surface area contributed by atoms with Crippen LogP contribution in [0.2, 0.25) is 0 Å². The van der Waals surface area contributed by atoms with E-state index in [0.29, 0.717) is 11.4 Å². The zero-order valence-electron chi connectivity index (χ0n) is 11.6. The number of aromatic nitrogens is 1. The van der Waals surface area contributed by atoms with Crippen LogP contribution in [-0.2, 0) is 0 Å². The molecule has 0 unspecified atom stereocenters. The second-order valence-electron chi connectivity index (χ2n) is 4.37.